The first-order valence-electron chi connectivity index (χ1n) is 7.61. The summed E-state index contributed by atoms with van der Waals surface area (Å²) in [6.07, 6.45) is 6.50. The van der Waals surface area contributed by atoms with Crippen LogP contribution in [-0.2, 0) is 6.42 Å². The third-order valence-corrected chi connectivity index (χ3v) is 4.12. The van der Waals surface area contributed by atoms with Crippen molar-refractivity contribution in [3.63, 3.8) is 0 Å². The lowest BCUT2D eigenvalue weighted by Gasteiger charge is -2.18. The minimum Gasteiger partial charge on any atom is -0.497 e. The van der Waals surface area contributed by atoms with Crippen LogP contribution in [0.25, 0.3) is 0 Å². The highest BCUT2D eigenvalue weighted by molar-refractivity contribution is 5.34. The molecule has 1 saturated carbocycles. The molecule has 1 aliphatic rings. The van der Waals surface area contributed by atoms with Gasteiger partial charge in [-0.2, -0.15) is 0 Å². The molecule has 106 valence electrons. The summed E-state index contributed by atoms with van der Waals surface area (Å²) < 4.78 is 5.26. The highest BCUT2D eigenvalue weighted by Gasteiger charge is 2.30. The number of methoxy groups -OCH3 is 1. The van der Waals surface area contributed by atoms with Gasteiger partial charge in [0.1, 0.15) is 5.75 Å². The van der Waals surface area contributed by atoms with Crippen LogP contribution in [0.2, 0.25) is 0 Å². The molecule has 0 bridgehead atoms. The average Bonchev–Trinajstić information content (AvgIpc) is 3.24. The van der Waals surface area contributed by atoms with Gasteiger partial charge in [0.25, 0.3) is 0 Å². The van der Waals surface area contributed by atoms with Gasteiger partial charge >= 0.3 is 0 Å². The highest BCUT2D eigenvalue weighted by Crippen LogP contribution is 2.34. The molecule has 1 unspecified atom stereocenters. The van der Waals surface area contributed by atoms with Gasteiger partial charge in [0.15, 0.2) is 0 Å². The lowest BCUT2D eigenvalue weighted by molar-refractivity contribution is 0.413. The zero-order chi connectivity index (χ0) is 13.7. The molecule has 2 heteroatoms. The summed E-state index contributed by atoms with van der Waals surface area (Å²) in [6, 6.07) is 7.16. The summed E-state index contributed by atoms with van der Waals surface area (Å²) in [6.45, 7) is 5.58. The van der Waals surface area contributed by atoms with Crippen molar-refractivity contribution >= 4 is 0 Å². The Balaban J connectivity index is 1.89. The van der Waals surface area contributed by atoms with Crippen molar-refractivity contribution in [1.82, 2.24) is 5.32 Å². The van der Waals surface area contributed by atoms with Crippen molar-refractivity contribution in [3.8, 4) is 5.75 Å². The van der Waals surface area contributed by atoms with Gasteiger partial charge in [-0.15, -0.1) is 0 Å². The molecule has 0 aromatic heterocycles. The van der Waals surface area contributed by atoms with E-state index >= 15 is 0 Å². The molecule has 0 amide bonds. The third-order valence-electron chi connectivity index (χ3n) is 4.12. The maximum absolute atomic E-state index is 5.26. The summed E-state index contributed by atoms with van der Waals surface area (Å²) in [7, 11) is 1.73. The van der Waals surface area contributed by atoms with Gasteiger partial charge in [0, 0.05) is 6.04 Å². The van der Waals surface area contributed by atoms with Crippen LogP contribution >= 0.6 is 0 Å². The zero-order valence-electron chi connectivity index (χ0n) is 12.5. The number of nitrogens with one attached hydrogen (secondary N) is 1. The Morgan fingerprint density at radius 1 is 1.37 bits per heavy atom. The van der Waals surface area contributed by atoms with Gasteiger partial charge in [-0.3, -0.25) is 0 Å². The molecular weight excluding hydrogens is 234 g/mol. The maximum atomic E-state index is 5.26. The number of hydrogen-bond acceptors (Lipinski definition) is 2. The largest absolute Gasteiger partial charge is 0.497 e. The van der Waals surface area contributed by atoms with Crippen LogP contribution in [0.3, 0.4) is 0 Å². The van der Waals surface area contributed by atoms with Gasteiger partial charge in [-0.05, 0) is 74.8 Å². The first-order valence-corrected chi connectivity index (χ1v) is 7.61. The SMILES string of the molecule is CCCNC(CCc1ccc(OC)cc1C)C1CC1. The van der Waals surface area contributed by atoms with Crippen LogP contribution in [0.4, 0.5) is 0 Å². The Labute approximate surface area is 117 Å². The van der Waals surface area contributed by atoms with E-state index in [4.69, 9.17) is 4.74 Å². The minimum absolute atomic E-state index is 0.724. The lowest BCUT2D eigenvalue weighted by Crippen LogP contribution is -2.32. The van der Waals surface area contributed by atoms with Gasteiger partial charge in [0.2, 0.25) is 0 Å². The van der Waals surface area contributed by atoms with E-state index in [1.807, 2.05) is 0 Å². The Morgan fingerprint density at radius 3 is 2.74 bits per heavy atom. The van der Waals surface area contributed by atoms with Crippen LogP contribution in [0.1, 0.15) is 43.7 Å². The fourth-order valence-electron chi connectivity index (χ4n) is 2.72. The molecule has 1 aromatic rings. The van der Waals surface area contributed by atoms with E-state index in [2.05, 4.69) is 37.4 Å². The molecule has 0 heterocycles. The normalized spacial score (nSPS) is 16.4. The second-order valence-corrected chi connectivity index (χ2v) is 5.73. The number of benzene rings is 1. The molecule has 0 radical (unpaired) electrons. The summed E-state index contributed by atoms with van der Waals surface area (Å²) in [5, 5.41) is 3.72. The van der Waals surface area contributed by atoms with Gasteiger partial charge in [-0.1, -0.05) is 13.0 Å². The molecule has 19 heavy (non-hydrogen) atoms. The molecule has 0 saturated heterocycles. The first kappa shape index (κ1) is 14.4. The van der Waals surface area contributed by atoms with Crippen LogP contribution in [0.5, 0.6) is 5.75 Å². The predicted octanol–water partition coefficient (Wildman–Crippen LogP) is 3.71. The van der Waals surface area contributed by atoms with Crippen molar-refractivity contribution in [2.24, 2.45) is 5.92 Å². The van der Waals surface area contributed by atoms with Crippen LogP contribution < -0.4 is 10.1 Å². The van der Waals surface area contributed by atoms with E-state index in [0.717, 1.165) is 24.3 Å². The Morgan fingerprint density at radius 2 is 2.16 bits per heavy atom. The van der Waals surface area contributed by atoms with Crippen molar-refractivity contribution in [2.45, 2.75) is 52.0 Å². The Bertz CT molecular complexity index is 398. The summed E-state index contributed by atoms with van der Waals surface area (Å²) in [5.41, 5.74) is 2.81. The monoisotopic (exact) mass is 261 g/mol. The first-order chi connectivity index (χ1) is 9.24. The van der Waals surface area contributed by atoms with E-state index in [1.54, 1.807) is 7.11 Å². The number of ether oxygens (including phenoxy) is 1. The van der Waals surface area contributed by atoms with E-state index in [-0.39, 0.29) is 0 Å². The van der Waals surface area contributed by atoms with Crippen molar-refractivity contribution in [2.75, 3.05) is 13.7 Å². The highest BCUT2D eigenvalue weighted by atomic mass is 16.5. The molecule has 0 aliphatic heterocycles. The summed E-state index contributed by atoms with van der Waals surface area (Å²) in [4.78, 5) is 0. The molecule has 2 rings (SSSR count). The lowest BCUT2D eigenvalue weighted by atomic mass is 9.98. The standard InChI is InChI=1S/C17H27NO/c1-4-11-18-17(15-5-6-15)10-8-14-7-9-16(19-3)12-13(14)2/h7,9,12,15,17-18H,4-6,8,10-11H2,1-3H3. The van der Waals surface area contributed by atoms with Crippen molar-refractivity contribution in [3.05, 3.63) is 29.3 Å². The predicted molar refractivity (Wildman–Crippen MR) is 80.9 cm³/mol. The number of aryl methyl sites for hydroxylation is 2. The smallest absolute Gasteiger partial charge is 0.119 e. The molecular formula is C17H27NO. The summed E-state index contributed by atoms with van der Waals surface area (Å²) >= 11 is 0. The van der Waals surface area contributed by atoms with Gasteiger partial charge < -0.3 is 10.1 Å². The fourth-order valence-corrected chi connectivity index (χ4v) is 2.72. The van der Waals surface area contributed by atoms with Gasteiger partial charge in [-0.25, -0.2) is 0 Å². The fraction of sp³-hybridized carbons (Fsp3) is 0.647. The molecule has 2 nitrogen and oxygen atoms in total. The Hall–Kier alpha value is -1.02. The minimum atomic E-state index is 0.724. The molecule has 1 aromatic carbocycles. The average molecular weight is 261 g/mol. The third kappa shape index (κ3) is 4.24. The van der Waals surface area contributed by atoms with Crippen molar-refractivity contribution in [1.29, 1.82) is 0 Å². The second-order valence-electron chi connectivity index (χ2n) is 5.73. The topological polar surface area (TPSA) is 21.3 Å². The van der Waals surface area contributed by atoms with Gasteiger partial charge in [0.05, 0.1) is 7.11 Å². The van der Waals surface area contributed by atoms with Crippen LogP contribution in [0, 0.1) is 12.8 Å². The van der Waals surface area contributed by atoms with E-state index < -0.39 is 0 Å². The van der Waals surface area contributed by atoms with E-state index in [9.17, 15) is 0 Å². The van der Waals surface area contributed by atoms with Crippen LogP contribution in [-0.4, -0.2) is 19.7 Å². The van der Waals surface area contributed by atoms with Crippen LogP contribution in [0.15, 0.2) is 18.2 Å². The maximum Gasteiger partial charge on any atom is 0.119 e. The second kappa shape index (κ2) is 6.95. The van der Waals surface area contributed by atoms with Crippen molar-refractivity contribution < 1.29 is 4.74 Å². The Kier molecular flexibility index (Phi) is 5.26. The molecule has 1 fully saturated rings. The molecule has 1 atom stereocenters. The molecule has 1 aliphatic carbocycles. The number of hydrogen-bond donors (Lipinski definition) is 1. The molecule has 0 spiro atoms. The van der Waals surface area contributed by atoms with E-state index in [0.29, 0.717) is 0 Å². The molecule has 1 N–H and O–H groups in total. The number of rotatable bonds is 8. The zero-order valence-corrected chi connectivity index (χ0v) is 12.5. The van der Waals surface area contributed by atoms with E-state index in [1.165, 1.54) is 43.2 Å². The quantitative estimate of drug-likeness (QED) is 0.770. The summed E-state index contributed by atoms with van der Waals surface area (Å²) in [5.74, 6) is 1.90.